The topological polar surface area (TPSA) is 46.2 Å². The van der Waals surface area contributed by atoms with Gasteiger partial charge in [0.1, 0.15) is 5.75 Å². The molecule has 1 aliphatic rings. The summed E-state index contributed by atoms with van der Waals surface area (Å²) in [6.45, 7) is 1.85. The zero-order chi connectivity index (χ0) is 11.1. The van der Waals surface area contributed by atoms with Crippen molar-refractivity contribution in [1.29, 1.82) is 0 Å². The molecule has 0 heterocycles. The number of phenols is 1. The summed E-state index contributed by atoms with van der Waals surface area (Å²) in [7, 11) is 0. The fraction of sp³-hybridized carbons (Fsp3) is 0.500. The highest BCUT2D eigenvalue weighted by Gasteiger charge is 2.31. The third-order valence-corrected chi connectivity index (χ3v) is 3.61. The van der Waals surface area contributed by atoms with Gasteiger partial charge in [-0.2, -0.15) is 0 Å². The van der Waals surface area contributed by atoms with Crippen LogP contribution in [0.5, 0.6) is 5.75 Å². The van der Waals surface area contributed by atoms with Crippen molar-refractivity contribution in [1.82, 2.24) is 0 Å². The Hall–Kier alpha value is -0.730. The first-order valence-electron chi connectivity index (χ1n) is 5.31. The van der Waals surface area contributed by atoms with Crippen molar-refractivity contribution in [2.75, 3.05) is 0 Å². The number of aromatic hydroxyl groups is 1. The van der Waals surface area contributed by atoms with Crippen LogP contribution in [-0.2, 0) is 5.54 Å². The summed E-state index contributed by atoms with van der Waals surface area (Å²) in [6.07, 6.45) is 4.36. The number of halogens is 1. The molecule has 0 spiro atoms. The Balaban J connectivity index is 2.45. The summed E-state index contributed by atoms with van der Waals surface area (Å²) in [5, 5.41) is 9.99. The van der Waals surface area contributed by atoms with E-state index in [0.717, 1.165) is 24.0 Å². The molecule has 2 rings (SSSR count). The number of nitrogens with two attached hydrogens (primary N) is 1. The molecule has 1 saturated carbocycles. The second-order valence-electron chi connectivity index (χ2n) is 4.49. The zero-order valence-electron chi connectivity index (χ0n) is 8.89. The molecule has 0 saturated heterocycles. The normalized spacial score (nSPS) is 19.4. The Morgan fingerprint density at radius 2 is 1.93 bits per heavy atom. The van der Waals surface area contributed by atoms with Crippen molar-refractivity contribution < 1.29 is 5.11 Å². The maximum Gasteiger partial charge on any atom is 0.137 e. The standard InChI is InChI=1S/C12H16ClNO/c1-8-6-9(7-10(13)11(8)15)12(14)4-2-3-5-12/h6-7,15H,2-5,14H2,1H3. The number of hydrogen-bond acceptors (Lipinski definition) is 2. The van der Waals surface area contributed by atoms with Gasteiger partial charge < -0.3 is 10.8 Å². The summed E-state index contributed by atoms with van der Waals surface area (Å²) in [5.74, 6) is 0.169. The lowest BCUT2D eigenvalue weighted by Crippen LogP contribution is -2.33. The minimum Gasteiger partial charge on any atom is -0.506 e. The van der Waals surface area contributed by atoms with E-state index in [1.165, 1.54) is 12.8 Å². The van der Waals surface area contributed by atoms with Crippen molar-refractivity contribution in [3.63, 3.8) is 0 Å². The van der Waals surface area contributed by atoms with Crippen molar-refractivity contribution >= 4 is 11.6 Å². The van der Waals surface area contributed by atoms with E-state index < -0.39 is 0 Å². The highest BCUT2D eigenvalue weighted by molar-refractivity contribution is 6.32. The molecule has 2 nitrogen and oxygen atoms in total. The quantitative estimate of drug-likeness (QED) is 0.772. The van der Waals surface area contributed by atoms with Gasteiger partial charge in [0.05, 0.1) is 5.02 Å². The fourth-order valence-electron chi connectivity index (χ4n) is 2.32. The Kier molecular flexibility index (Phi) is 2.65. The fourth-order valence-corrected chi connectivity index (χ4v) is 2.59. The second-order valence-corrected chi connectivity index (χ2v) is 4.89. The minimum absolute atomic E-state index is 0.169. The van der Waals surface area contributed by atoms with Crippen LogP contribution in [0.4, 0.5) is 0 Å². The number of benzene rings is 1. The van der Waals surface area contributed by atoms with E-state index in [1.807, 2.05) is 13.0 Å². The van der Waals surface area contributed by atoms with Gasteiger partial charge in [-0.15, -0.1) is 0 Å². The number of phenolic OH excluding ortho intramolecular Hbond substituents is 1. The minimum atomic E-state index is -0.234. The zero-order valence-corrected chi connectivity index (χ0v) is 9.64. The molecule has 0 amide bonds. The Morgan fingerprint density at radius 3 is 2.47 bits per heavy atom. The average Bonchev–Trinajstić information content (AvgIpc) is 2.62. The van der Waals surface area contributed by atoms with Gasteiger partial charge in [-0.25, -0.2) is 0 Å². The lowest BCUT2D eigenvalue weighted by molar-refractivity contribution is 0.453. The van der Waals surface area contributed by atoms with E-state index in [0.29, 0.717) is 5.02 Å². The van der Waals surface area contributed by atoms with E-state index in [9.17, 15) is 5.11 Å². The third-order valence-electron chi connectivity index (χ3n) is 3.32. The molecule has 82 valence electrons. The van der Waals surface area contributed by atoms with Crippen molar-refractivity contribution in [2.45, 2.75) is 38.1 Å². The van der Waals surface area contributed by atoms with E-state index in [4.69, 9.17) is 17.3 Å². The number of rotatable bonds is 1. The summed E-state index contributed by atoms with van der Waals surface area (Å²) in [4.78, 5) is 0. The summed E-state index contributed by atoms with van der Waals surface area (Å²) < 4.78 is 0. The van der Waals surface area contributed by atoms with Gasteiger partial charge in [-0.05, 0) is 37.0 Å². The molecule has 1 aromatic rings. The first-order chi connectivity index (χ1) is 7.03. The van der Waals surface area contributed by atoms with Crippen LogP contribution in [0.3, 0.4) is 0 Å². The van der Waals surface area contributed by atoms with Gasteiger partial charge >= 0.3 is 0 Å². The molecule has 3 N–H and O–H groups in total. The first-order valence-corrected chi connectivity index (χ1v) is 5.69. The van der Waals surface area contributed by atoms with Crippen molar-refractivity contribution in [3.8, 4) is 5.75 Å². The van der Waals surface area contributed by atoms with Gasteiger partial charge in [0, 0.05) is 5.54 Å². The monoisotopic (exact) mass is 225 g/mol. The summed E-state index contributed by atoms with van der Waals surface area (Å²) >= 11 is 5.95. The third kappa shape index (κ3) is 1.84. The SMILES string of the molecule is Cc1cc(C2(N)CCCC2)cc(Cl)c1O. The smallest absolute Gasteiger partial charge is 0.137 e. The van der Waals surface area contributed by atoms with Crippen LogP contribution in [0.2, 0.25) is 5.02 Å². The van der Waals surface area contributed by atoms with Crippen LogP contribution in [0, 0.1) is 6.92 Å². The summed E-state index contributed by atoms with van der Waals surface area (Å²) in [5.41, 5.74) is 7.95. The van der Waals surface area contributed by atoms with Crippen molar-refractivity contribution in [2.24, 2.45) is 5.73 Å². The predicted molar refractivity (Wildman–Crippen MR) is 62.2 cm³/mol. The van der Waals surface area contributed by atoms with Crippen LogP contribution < -0.4 is 5.73 Å². The molecule has 0 atom stereocenters. The maximum atomic E-state index is 9.58. The summed E-state index contributed by atoms with van der Waals surface area (Å²) in [6, 6.07) is 3.75. The number of aryl methyl sites for hydroxylation is 1. The van der Waals surface area contributed by atoms with Crippen LogP contribution in [0.25, 0.3) is 0 Å². The first kappa shape index (κ1) is 10.8. The van der Waals surface area contributed by atoms with Crippen LogP contribution in [0.1, 0.15) is 36.8 Å². The second kappa shape index (κ2) is 3.69. The molecule has 1 aromatic carbocycles. The molecule has 0 aromatic heterocycles. The average molecular weight is 226 g/mol. The molecule has 0 radical (unpaired) electrons. The Labute approximate surface area is 95.1 Å². The highest BCUT2D eigenvalue weighted by Crippen LogP contribution is 2.39. The Bertz CT molecular complexity index is 360. The van der Waals surface area contributed by atoms with E-state index >= 15 is 0 Å². The maximum absolute atomic E-state index is 9.58. The highest BCUT2D eigenvalue weighted by atomic mass is 35.5. The lowest BCUT2D eigenvalue weighted by atomic mass is 9.88. The molecular formula is C12H16ClNO. The molecule has 15 heavy (non-hydrogen) atoms. The molecule has 0 bridgehead atoms. The largest absolute Gasteiger partial charge is 0.506 e. The molecular weight excluding hydrogens is 210 g/mol. The number of hydrogen-bond donors (Lipinski definition) is 2. The van der Waals surface area contributed by atoms with Gasteiger partial charge in [-0.1, -0.05) is 30.5 Å². The van der Waals surface area contributed by atoms with Crippen LogP contribution in [-0.4, -0.2) is 5.11 Å². The molecule has 1 aliphatic carbocycles. The lowest BCUT2D eigenvalue weighted by Gasteiger charge is -2.25. The Morgan fingerprint density at radius 1 is 1.33 bits per heavy atom. The van der Waals surface area contributed by atoms with Gasteiger partial charge in [0.2, 0.25) is 0 Å². The van der Waals surface area contributed by atoms with Crippen molar-refractivity contribution in [3.05, 3.63) is 28.3 Å². The van der Waals surface area contributed by atoms with Gasteiger partial charge in [0.15, 0.2) is 0 Å². The van der Waals surface area contributed by atoms with E-state index in [-0.39, 0.29) is 11.3 Å². The molecule has 0 unspecified atom stereocenters. The van der Waals surface area contributed by atoms with E-state index in [1.54, 1.807) is 6.07 Å². The van der Waals surface area contributed by atoms with Gasteiger partial charge in [-0.3, -0.25) is 0 Å². The molecule has 1 fully saturated rings. The predicted octanol–water partition coefficient (Wildman–Crippen LogP) is 3.08. The van der Waals surface area contributed by atoms with E-state index in [2.05, 4.69) is 0 Å². The van der Waals surface area contributed by atoms with Gasteiger partial charge in [0.25, 0.3) is 0 Å². The van der Waals surface area contributed by atoms with Crippen LogP contribution in [0.15, 0.2) is 12.1 Å². The molecule has 0 aliphatic heterocycles. The molecule has 3 heteroatoms. The van der Waals surface area contributed by atoms with Crippen LogP contribution >= 0.6 is 11.6 Å².